The van der Waals surface area contributed by atoms with Crippen molar-refractivity contribution in [1.82, 2.24) is 0 Å². The molecule has 0 fully saturated rings. The molecule has 0 rings (SSSR count). The standard InChI is InChI=1S/C4H6O2.C3H7NO/c1-3(2)4(5)6;1-2-3-4-5/h1H2,2H3,(H,5,6);2H,1,3-4H2. The molecule has 0 unspecified atom stereocenters. The van der Waals surface area contributed by atoms with Crippen molar-refractivity contribution < 1.29 is 15.4 Å². The van der Waals surface area contributed by atoms with E-state index in [2.05, 4.69) is 13.2 Å². The van der Waals surface area contributed by atoms with Crippen LogP contribution in [0.1, 0.15) is 6.92 Å². The number of carbonyl (C=O) groups is 1. The molecule has 64 valence electrons. The van der Waals surface area contributed by atoms with Crippen LogP contribution in [0.2, 0.25) is 0 Å². The first-order chi connectivity index (χ1) is 5.06. The molecule has 0 saturated heterocycles. The van der Waals surface area contributed by atoms with Gasteiger partial charge in [0.25, 0.3) is 0 Å². The summed E-state index contributed by atoms with van der Waals surface area (Å²) in [6, 6.07) is 0. The third-order valence-corrected chi connectivity index (χ3v) is 0.628. The largest absolute Gasteiger partial charge is 0.636 e. The number of carboxylic acid groups (broad SMARTS) is 1. The molecule has 3 N–H and O–H groups in total. The van der Waals surface area contributed by atoms with E-state index < -0.39 is 5.97 Å². The number of quaternary nitrogens is 1. The van der Waals surface area contributed by atoms with Gasteiger partial charge in [0, 0.05) is 5.57 Å². The Bertz CT molecular complexity index is 131. The fourth-order valence-electron chi connectivity index (χ4n) is 0.0680. The van der Waals surface area contributed by atoms with E-state index in [1.165, 1.54) is 6.92 Å². The van der Waals surface area contributed by atoms with Crippen molar-refractivity contribution in [3.63, 3.8) is 0 Å². The lowest BCUT2D eigenvalue weighted by Gasteiger charge is -1.90. The van der Waals surface area contributed by atoms with Crippen molar-refractivity contribution in [3.05, 3.63) is 30.0 Å². The number of hydrogen-bond acceptors (Lipinski definition) is 2. The van der Waals surface area contributed by atoms with Crippen molar-refractivity contribution in [1.29, 1.82) is 0 Å². The second-order valence-electron chi connectivity index (χ2n) is 1.78. The highest BCUT2D eigenvalue weighted by atomic mass is 16.5. The first kappa shape index (κ1) is 12.5. The number of nitrogens with two attached hydrogens (primary N) is 1. The summed E-state index contributed by atoms with van der Waals surface area (Å²) in [6.07, 6.45) is 1.56. The fourth-order valence-corrected chi connectivity index (χ4v) is 0.0680. The van der Waals surface area contributed by atoms with Gasteiger partial charge < -0.3 is 15.8 Å². The Morgan fingerprint density at radius 3 is 2.18 bits per heavy atom. The summed E-state index contributed by atoms with van der Waals surface area (Å²) in [5, 5.41) is 17.2. The average Bonchev–Trinajstić information content (AvgIpc) is 1.90. The molecule has 0 aliphatic rings. The first-order valence-electron chi connectivity index (χ1n) is 2.99. The predicted octanol–water partition coefficient (Wildman–Crippen LogP) is -0.119. The lowest BCUT2D eigenvalue weighted by molar-refractivity contribution is -0.578. The molecule has 0 amide bonds. The molecule has 0 radical (unpaired) electrons. The van der Waals surface area contributed by atoms with E-state index in [0.29, 0.717) is 6.54 Å². The zero-order chi connectivity index (χ0) is 9.28. The molecule has 0 aromatic rings. The molecule has 4 heteroatoms. The van der Waals surface area contributed by atoms with E-state index in [1.807, 2.05) is 0 Å². The third-order valence-electron chi connectivity index (χ3n) is 0.628. The number of rotatable bonds is 3. The monoisotopic (exact) mass is 159 g/mol. The smallest absolute Gasteiger partial charge is 0.330 e. The molecule has 0 aromatic carbocycles. The van der Waals surface area contributed by atoms with E-state index in [9.17, 15) is 10.0 Å². The summed E-state index contributed by atoms with van der Waals surface area (Å²) < 4.78 is 0. The van der Waals surface area contributed by atoms with Crippen LogP contribution in [-0.2, 0) is 4.79 Å². The van der Waals surface area contributed by atoms with Gasteiger partial charge in [-0.05, 0) is 13.0 Å². The molecule has 0 heterocycles. The SMILES string of the molecule is C=C(C)C(=O)O.C=CC[NH2+][O-]. The van der Waals surface area contributed by atoms with Crippen LogP contribution in [0, 0.1) is 5.21 Å². The van der Waals surface area contributed by atoms with Crippen LogP contribution in [0.3, 0.4) is 0 Å². The highest BCUT2D eigenvalue weighted by molar-refractivity contribution is 5.84. The van der Waals surface area contributed by atoms with E-state index >= 15 is 0 Å². The number of aliphatic carboxylic acids is 1. The van der Waals surface area contributed by atoms with E-state index in [-0.39, 0.29) is 5.57 Å². The van der Waals surface area contributed by atoms with Crippen LogP contribution in [-0.4, -0.2) is 17.6 Å². The quantitative estimate of drug-likeness (QED) is 0.342. The van der Waals surface area contributed by atoms with Crippen LogP contribution in [0.15, 0.2) is 24.8 Å². The summed E-state index contributed by atoms with van der Waals surface area (Å²) >= 11 is 0. The highest BCUT2D eigenvalue weighted by Crippen LogP contribution is 1.81. The minimum absolute atomic E-state index is 0.176. The topological polar surface area (TPSA) is 77.0 Å². The van der Waals surface area contributed by atoms with E-state index in [1.54, 1.807) is 6.08 Å². The Hall–Kier alpha value is -1.13. The summed E-state index contributed by atoms with van der Waals surface area (Å²) in [5.74, 6) is -0.935. The van der Waals surface area contributed by atoms with Crippen LogP contribution in [0.4, 0.5) is 0 Å². The molecule has 4 nitrogen and oxygen atoms in total. The Morgan fingerprint density at radius 2 is 2.18 bits per heavy atom. The zero-order valence-electron chi connectivity index (χ0n) is 6.54. The van der Waals surface area contributed by atoms with Gasteiger partial charge in [0.2, 0.25) is 0 Å². The molecular weight excluding hydrogens is 146 g/mol. The van der Waals surface area contributed by atoms with Gasteiger partial charge >= 0.3 is 5.97 Å². The molecular formula is C7H13NO3. The lowest BCUT2D eigenvalue weighted by atomic mass is 10.4. The van der Waals surface area contributed by atoms with Crippen molar-refractivity contribution >= 4 is 5.97 Å². The Kier molecular flexibility index (Phi) is 10.1. The lowest BCUT2D eigenvalue weighted by Crippen LogP contribution is -2.76. The van der Waals surface area contributed by atoms with Crippen LogP contribution >= 0.6 is 0 Å². The van der Waals surface area contributed by atoms with Crippen LogP contribution in [0.5, 0.6) is 0 Å². The minimum atomic E-state index is -0.935. The molecule has 0 spiro atoms. The fraction of sp³-hybridized carbons (Fsp3) is 0.286. The molecule has 0 aromatic heterocycles. The van der Waals surface area contributed by atoms with Crippen molar-refractivity contribution in [3.8, 4) is 0 Å². The minimum Gasteiger partial charge on any atom is -0.636 e. The Labute approximate surface area is 65.8 Å². The van der Waals surface area contributed by atoms with Crippen LogP contribution in [0.25, 0.3) is 0 Å². The molecule has 11 heavy (non-hydrogen) atoms. The summed E-state index contributed by atoms with van der Waals surface area (Å²) in [5.41, 5.74) is 0.988. The van der Waals surface area contributed by atoms with Gasteiger partial charge in [0.1, 0.15) is 0 Å². The summed E-state index contributed by atoms with van der Waals surface area (Å²) in [7, 11) is 0. The second kappa shape index (κ2) is 8.87. The van der Waals surface area contributed by atoms with E-state index in [4.69, 9.17) is 5.11 Å². The second-order valence-corrected chi connectivity index (χ2v) is 1.78. The molecule has 0 aliphatic carbocycles. The van der Waals surface area contributed by atoms with Gasteiger partial charge in [-0.2, -0.15) is 0 Å². The molecule has 0 bridgehead atoms. The number of carboxylic acids is 1. The third kappa shape index (κ3) is 17.7. The maximum atomic E-state index is 9.60. The maximum Gasteiger partial charge on any atom is 0.330 e. The summed E-state index contributed by atoms with van der Waals surface area (Å²) in [6.45, 7) is 8.39. The summed E-state index contributed by atoms with van der Waals surface area (Å²) in [4.78, 5) is 9.60. The maximum absolute atomic E-state index is 9.60. The van der Waals surface area contributed by atoms with Gasteiger partial charge in [0.15, 0.2) is 0 Å². The van der Waals surface area contributed by atoms with E-state index in [0.717, 1.165) is 5.48 Å². The molecule has 0 saturated carbocycles. The number of hydroxylamine groups is 1. The van der Waals surface area contributed by atoms with Gasteiger partial charge in [0.05, 0.1) is 6.54 Å². The van der Waals surface area contributed by atoms with Gasteiger partial charge in [-0.25, -0.2) is 4.79 Å². The highest BCUT2D eigenvalue weighted by Gasteiger charge is 1.90. The average molecular weight is 159 g/mol. The Balaban J connectivity index is 0. The normalized spacial score (nSPS) is 7.45. The Morgan fingerprint density at radius 1 is 1.82 bits per heavy atom. The van der Waals surface area contributed by atoms with Gasteiger partial charge in [-0.1, -0.05) is 13.2 Å². The zero-order valence-corrected chi connectivity index (χ0v) is 6.54. The van der Waals surface area contributed by atoms with Crippen molar-refractivity contribution in [2.45, 2.75) is 6.92 Å². The predicted molar refractivity (Wildman–Crippen MR) is 42.8 cm³/mol. The van der Waals surface area contributed by atoms with Gasteiger partial charge in [-0.15, -0.1) is 0 Å². The first-order valence-corrected chi connectivity index (χ1v) is 2.99. The molecule has 0 aliphatic heterocycles. The molecule has 0 atom stereocenters. The number of hydrogen-bond donors (Lipinski definition) is 2. The van der Waals surface area contributed by atoms with Crippen molar-refractivity contribution in [2.75, 3.05) is 6.54 Å². The van der Waals surface area contributed by atoms with Gasteiger partial charge in [-0.3, -0.25) is 0 Å². The van der Waals surface area contributed by atoms with Crippen molar-refractivity contribution in [2.24, 2.45) is 0 Å². The van der Waals surface area contributed by atoms with Crippen LogP contribution < -0.4 is 5.48 Å².